The smallest absolute Gasteiger partial charge is 0.257 e. The maximum atomic E-state index is 12.9. The molecule has 6 rings (SSSR count). The number of carbonyl (C=O) groups is 2. The molecular formula is C32H22N4O2. The van der Waals surface area contributed by atoms with Crippen LogP contribution in [-0.4, -0.2) is 21.8 Å². The summed E-state index contributed by atoms with van der Waals surface area (Å²) in [5.41, 5.74) is 3.64. The van der Waals surface area contributed by atoms with Crippen LogP contribution in [0.4, 0.5) is 11.4 Å². The van der Waals surface area contributed by atoms with Gasteiger partial charge in [0.1, 0.15) is 0 Å². The minimum absolute atomic E-state index is 0.198. The molecule has 2 N–H and O–H groups in total. The molecule has 0 saturated carbocycles. The number of fused-ring (bicyclic) bond motifs is 2. The van der Waals surface area contributed by atoms with Gasteiger partial charge in [0.2, 0.25) is 0 Å². The summed E-state index contributed by atoms with van der Waals surface area (Å²) >= 11 is 0. The first-order chi connectivity index (χ1) is 18.7. The fourth-order valence-electron chi connectivity index (χ4n) is 4.45. The van der Waals surface area contributed by atoms with Crippen molar-refractivity contribution in [3.63, 3.8) is 0 Å². The fraction of sp³-hybridized carbons (Fsp3) is 0. The molecule has 2 aromatic heterocycles. The molecule has 2 heterocycles. The molecule has 38 heavy (non-hydrogen) atoms. The third-order valence-corrected chi connectivity index (χ3v) is 6.38. The standard InChI is InChI=1S/C32H22N4O2/c37-31(36-28-14-6-10-22-8-2-4-12-26(22)28)23-15-17-29(33-19-23)30-18-16-24(20-34-30)35-32(38)27-13-5-9-21-7-1-3-11-25(21)27/h1-20H,(H,35,38)(H,36,37). The summed E-state index contributed by atoms with van der Waals surface area (Å²) in [5, 5.41) is 9.83. The molecule has 6 aromatic rings. The molecule has 182 valence electrons. The minimum atomic E-state index is -0.236. The molecule has 0 aliphatic rings. The number of rotatable bonds is 5. The summed E-state index contributed by atoms with van der Waals surface area (Å²) in [6.45, 7) is 0. The van der Waals surface area contributed by atoms with Crippen molar-refractivity contribution in [1.29, 1.82) is 0 Å². The SMILES string of the molecule is O=C(Nc1cccc2ccccc12)c1ccc(-c2ccc(NC(=O)c3cccc4ccccc34)cn2)nc1. The number of carbonyl (C=O) groups excluding carboxylic acids is 2. The lowest BCUT2D eigenvalue weighted by atomic mass is 10.0. The minimum Gasteiger partial charge on any atom is -0.321 e. The van der Waals surface area contributed by atoms with Crippen molar-refractivity contribution in [3.05, 3.63) is 133 Å². The van der Waals surface area contributed by atoms with Crippen LogP contribution in [0.25, 0.3) is 32.9 Å². The number of benzene rings is 4. The van der Waals surface area contributed by atoms with Crippen LogP contribution in [0.3, 0.4) is 0 Å². The Morgan fingerprint density at radius 1 is 0.526 bits per heavy atom. The highest BCUT2D eigenvalue weighted by Gasteiger charge is 2.12. The number of aromatic nitrogens is 2. The van der Waals surface area contributed by atoms with Crippen molar-refractivity contribution < 1.29 is 9.59 Å². The van der Waals surface area contributed by atoms with Crippen molar-refractivity contribution in [1.82, 2.24) is 9.97 Å². The van der Waals surface area contributed by atoms with Gasteiger partial charge in [0.05, 0.1) is 28.8 Å². The molecule has 4 aromatic carbocycles. The summed E-state index contributed by atoms with van der Waals surface area (Å²) < 4.78 is 0. The molecule has 0 radical (unpaired) electrons. The van der Waals surface area contributed by atoms with Crippen LogP contribution < -0.4 is 10.6 Å². The van der Waals surface area contributed by atoms with Gasteiger partial charge in [-0.2, -0.15) is 0 Å². The largest absolute Gasteiger partial charge is 0.321 e. The molecule has 0 aliphatic heterocycles. The lowest BCUT2D eigenvalue weighted by molar-refractivity contribution is 0.101. The van der Waals surface area contributed by atoms with E-state index in [9.17, 15) is 9.59 Å². The van der Waals surface area contributed by atoms with Crippen molar-refractivity contribution in [3.8, 4) is 11.4 Å². The van der Waals surface area contributed by atoms with Gasteiger partial charge in [-0.05, 0) is 52.6 Å². The quantitative estimate of drug-likeness (QED) is 0.271. The van der Waals surface area contributed by atoms with Crippen LogP contribution >= 0.6 is 0 Å². The molecule has 0 unspecified atom stereocenters. The van der Waals surface area contributed by atoms with Crippen LogP contribution in [0.2, 0.25) is 0 Å². The molecule has 0 bridgehead atoms. The number of hydrogen-bond acceptors (Lipinski definition) is 4. The van der Waals surface area contributed by atoms with E-state index in [-0.39, 0.29) is 11.8 Å². The van der Waals surface area contributed by atoms with Crippen LogP contribution in [0.5, 0.6) is 0 Å². The Morgan fingerprint density at radius 2 is 1.16 bits per heavy atom. The van der Waals surface area contributed by atoms with Crippen LogP contribution in [0.15, 0.2) is 122 Å². The first-order valence-corrected chi connectivity index (χ1v) is 12.2. The Morgan fingerprint density at radius 3 is 1.87 bits per heavy atom. The first kappa shape index (κ1) is 23.1. The van der Waals surface area contributed by atoms with Gasteiger partial charge < -0.3 is 10.6 Å². The molecule has 0 spiro atoms. The highest BCUT2D eigenvalue weighted by molar-refractivity contribution is 6.13. The molecule has 2 amide bonds. The molecule has 0 fully saturated rings. The Bertz CT molecular complexity index is 1790. The van der Waals surface area contributed by atoms with Gasteiger partial charge in [-0.15, -0.1) is 0 Å². The average Bonchev–Trinajstić information content (AvgIpc) is 2.97. The summed E-state index contributed by atoms with van der Waals surface area (Å²) in [5.74, 6) is -0.434. The van der Waals surface area contributed by atoms with Gasteiger partial charge in [-0.25, -0.2) is 0 Å². The first-order valence-electron chi connectivity index (χ1n) is 12.2. The van der Waals surface area contributed by atoms with Gasteiger partial charge >= 0.3 is 0 Å². The van der Waals surface area contributed by atoms with Gasteiger partial charge in [0, 0.05) is 22.8 Å². The highest BCUT2D eigenvalue weighted by atomic mass is 16.2. The number of hydrogen-bond donors (Lipinski definition) is 2. The van der Waals surface area contributed by atoms with E-state index in [0.29, 0.717) is 28.2 Å². The third kappa shape index (κ3) is 4.58. The Balaban J connectivity index is 1.15. The summed E-state index contributed by atoms with van der Waals surface area (Å²) in [7, 11) is 0. The van der Waals surface area contributed by atoms with Crippen molar-refractivity contribution >= 4 is 44.7 Å². The van der Waals surface area contributed by atoms with E-state index in [0.717, 1.165) is 27.2 Å². The molecule has 6 heteroatoms. The maximum Gasteiger partial charge on any atom is 0.257 e. The van der Waals surface area contributed by atoms with Crippen molar-refractivity contribution in [2.45, 2.75) is 0 Å². The summed E-state index contributed by atoms with van der Waals surface area (Å²) in [6.07, 6.45) is 3.13. The van der Waals surface area contributed by atoms with Crippen molar-refractivity contribution in [2.24, 2.45) is 0 Å². The second kappa shape index (κ2) is 9.95. The third-order valence-electron chi connectivity index (χ3n) is 6.38. The lowest BCUT2D eigenvalue weighted by Crippen LogP contribution is -2.13. The summed E-state index contributed by atoms with van der Waals surface area (Å²) in [4.78, 5) is 34.6. The average molecular weight is 495 g/mol. The molecule has 0 aliphatic carbocycles. The number of amides is 2. The number of nitrogens with one attached hydrogen (secondary N) is 2. The van der Waals surface area contributed by atoms with Gasteiger partial charge in [0.25, 0.3) is 11.8 Å². The number of pyridine rings is 2. The lowest BCUT2D eigenvalue weighted by Gasteiger charge is -2.10. The summed E-state index contributed by atoms with van der Waals surface area (Å²) in [6, 6.07) is 34.2. The molecule has 6 nitrogen and oxygen atoms in total. The predicted molar refractivity (Wildman–Crippen MR) is 151 cm³/mol. The topological polar surface area (TPSA) is 84.0 Å². The maximum absolute atomic E-state index is 12.9. The van der Waals surface area contributed by atoms with E-state index >= 15 is 0 Å². The van der Waals surface area contributed by atoms with Crippen LogP contribution in [-0.2, 0) is 0 Å². The number of nitrogens with zero attached hydrogens (tertiary/aromatic N) is 2. The monoisotopic (exact) mass is 494 g/mol. The van der Waals surface area contributed by atoms with E-state index in [1.54, 1.807) is 36.5 Å². The van der Waals surface area contributed by atoms with E-state index in [1.807, 2.05) is 78.9 Å². The zero-order valence-corrected chi connectivity index (χ0v) is 20.3. The molecular weight excluding hydrogens is 472 g/mol. The Labute approximate surface area is 219 Å². The van der Waals surface area contributed by atoms with E-state index in [1.165, 1.54) is 6.20 Å². The second-order valence-electron chi connectivity index (χ2n) is 8.83. The highest BCUT2D eigenvalue weighted by Crippen LogP contribution is 2.24. The molecule has 0 atom stereocenters. The van der Waals surface area contributed by atoms with E-state index in [2.05, 4.69) is 20.6 Å². The Hall–Kier alpha value is -5.36. The number of anilines is 2. The second-order valence-corrected chi connectivity index (χ2v) is 8.83. The molecule has 0 saturated heterocycles. The zero-order chi connectivity index (χ0) is 25.9. The zero-order valence-electron chi connectivity index (χ0n) is 20.3. The van der Waals surface area contributed by atoms with Crippen molar-refractivity contribution in [2.75, 3.05) is 10.6 Å². The fourth-order valence-corrected chi connectivity index (χ4v) is 4.45. The van der Waals surface area contributed by atoms with E-state index < -0.39 is 0 Å². The van der Waals surface area contributed by atoms with Gasteiger partial charge in [-0.1, -0.05) is 72.8 Å². The Kier molecular flexibility index (Phi) is 6.04. The van der Waals surface area contributed by atoms with Gasteiger partial charge in [0.15, 0.2) is 0 Å². The predicted octanol–water partition coefficient (Wildman–Crippen LogP) is 6.95. The van der Waals surface area contributed by atoms with E-state index in [4.69, 9.17) is 0 Å². The van der Waals surface area contributed by atoms with Crippen LogP contribution in [0.1, 0.15) is 20.7 Å². The normalized spacial score (nSPS) is 10.8. The van der Waals surface area contributed by atoms with Gasteiger partial charge in [-0.3, -0.25) is 19.6 Å². The van der Waals surface area contributed by atoms with Crippen LogP contribution in [0, 0.1) is 0 Å².